The number of unbranched alkanes of at least 4 members (excludes halogenated alkanes) is 1. The molecule has 5 heteroatoms. The molecule has 3 rings (SSSR count). The highest BCUT2D eigenvalue weighted by molar-refractivity contribution is 5.91. The predicted molar refractivity (Wildman–Crippen MR) is 91.4 cm³/mol. The zero-order chi connectivity index (χ0) is 16.2. The third-order valence-electron chi connectivity index (χ3n) is 3.91. The lowest BCUT2D eigenvalue weighted by Gasteiger charge is -2.24. The van der Waals surface area contributed by atoms with Crippen molar-refractivity contribution in [1.29, 1.82) is 0 Å². The van der Waals surface area contributed by atoms with Crippen LogP contribution in [0, 0.1) is 6.92 Å². The molecule has 0 spiro atoms. The number of ether oxygens (including phenoxy) is 1. The molecule has 1 aromatic carbocycles. The summed E-state index contributed by atoms with van der Waals surface area (Å²) in [6.45, 7) is 5.09. The Bertz CT molecular complexity index is 781. The first-order chi connectivity index (χ1) is 11.2. The zero-order valence-corrected chi connectivity index (χ0v) is 13.7. The maximum absolute atomic E-state index is 5.52. The molecule has 3 aromatic rings. The molecule has 0 saturated carbocycles. The second kappa shape index (κ2) is 6.69. The van der Waals surface area contributed by atoms with Gasteiger partial charge in [0.15, 0.2) is 0 Å². The van der Waals surface area contributed by atoms with Crippen LogP contribution in [-0.2, 0) is 0 Å². The number of methoxy groups -OCH3 is 1. The van der Waals surface area contributed by atoms with Crippen LogP contribution in [0.3, 0.4) is 0 Å². The lowest BCUT2D eigenvalue weighted by Crippen LogP contribution is -2.20. The third-order valence-corrected chi connectivity index (χ3v) is 3.91. The molecule has 2 aromatic heterocycles. The van der Waals surface area contributed by atoms with E-state index in [1.165, 1.54) is 0 Å². The average Bonchev–Trinajstić information content (AvgIpc) is 2.98. The minimum absolute atomic E-state index is 0.627. The number of nitrogens with zero attached hydrogens (tertiary/aromatic N) is 3. The summed E-state index contributed by atoms with van der Waals surface area (Å²) in [5.74, 6) is 1.73. The lowest BCUT2D eigenvalue weighted by atomic mass is 10.2. The summed E-state index contributed by atoms with van der Waals surface area (Å²) in [6.07, 6.45) is 5.48. The SMILES string of the molecule is CCCCN(c1ccc(OC)cc1)c1ncnc2occ(C)c12. The summed E-state index contributed by atoms with van der Waals surface area (Å²) in [5, 5.41) is 0.972. The molecule has 0 amide bonds. The summed E-state index contributed by atoms with van der Waals surface area (Å²) in [5.41, 5.74) is 2.76. The Morgan fingerprint density at radius 1 is 1.17 bits per heavy atom. The number of aromatic nitrogens is 2. The second-order valence-corrected chi connectivity index (χ2v) is 5.50. The Kier molecular flexibility index (Phi) is 4.46. The zero-order valence-electron chi connectivity index (χ0n) is 13.7. The van der Waals surface area contributed by atoms with Crippen molar-refractivity contribution in [3.8, 4) is 5.75 Å². The van der Waals surface area contributed by atoms with E-state index in [-0.39, 0.29) is 0 Å². The van der Waals surface area contributed by atoms with Gasteiger partial charge in [0.2, 0.25) is 5.71 Å². The largest absolute Gasteiger partial charge is 0.497 e. The van der Waals surface area contributed by atoms with Crippen LogP contribution < -0.4 is 9.64 Å². The van der Waals surface area contributed by atoms with E-state index in [1.807, 2.05) is 19.1 Å². The maximum Gasteiger partial charge on any atom is 0.231 e. The van der Waals surface area contributed by atoms with Gasteiger partial charge >= 0.3 is 0 Å². The molecule has 0 unspecified atom stereocenters. The fourth-order valence-corrected chi connectivity index (χ4v) is 2.64. The minimum Gasteiger partial charge on any atom is -0.497 e. The van der Waals surface area contributed by atoms with Crippen molar-refractivity contribution in [3.63, 3.8) is 0 Å². The summed E-state index contributed by atoms with van der Waals surface area (Å²) < 4.78 is 10.8. The van der Waals surface area contributed by atoms with Gasteiger partial charge in [-0.25, -0.2) is 9.97 Å². The smallest absolute Gasteiger partial charge is 0.231 e. The standard InChI is InChI=1S/C18H21N3O2/c1-4-5-10-21(14-6-8-15(22-3)9-7-14)17-16-13(2)11-23-18(16)20-12-19-17/h6-9,11-12H,4-5,10H2,1-3H3. The molecule has 0 N–H and O–H groups in total. The van der Waals surface area contributed by atoms with E-state index in [0.717, 1.165) is 47.6 Å². The number of benzene rings is 1. The van der Waals surface area contributed by atoms with Crippen molar-refractivity contribution in [2.75, 3.05) is 18.6 Å². The van der Waals surface area contributed by atoms with Crippen LogP contribution in [0.5, 0.6) is 5.75 Å². The third kappa shape index (κ3) is 2.99. The molecule has 0 saturated heterocycles. The van der Waals surface area contributed by atoms with Crippen LogP contribution in [0.15, 0.2) is 41.3 Å². The summed E-state index contributed by atoms with van der Waals surface area (Å²) in [4.78, 5) is 11.0. The van der Waals surface area contributed by atoms with E-state index in [0.29, 0.717) is 5.71 Å². The molecule has 0 radical (unpaired) electrons. The molecular formula is C18H21N3O2. The number of aryl methyl sites for hydroxylation is 1. The van der Waals surface area contributed by atoms with Gasteiger partial charge in [-0.3, -0.25) is 0 Å². The van der Waals surface area contributed by atoms with Crippen molar-refractivity contribution in [2.24, 2.45) is 0 Å². The first-order valence-corrected chi connectivity index (χ1v) is 7.85. The molecule has 120 valence electrons. The second-order valence-electron chi connectivity index (χ2n) is 5.50. The van der Waals surface area contributed by atoms with Crippen molar-refractivity contribution >= 4 is 22.6 Å². The quantitative estimate of drug-likeness (QED) is 0.672. The van der Waals surface area contributed by atoms with E-state index < -0.39 is 0 Å². The van der Waals surface area contributed by atoms with Gasteiger partial charge in [0.1, 0.15) is 17.9 Å². The van der Waals surface area contributed by atoms with Crippen LogP contribution in [0.4, 0.5) is 11.5 Å². The molecule has 5 nitrogen and oxygen atoms in total. The number of fused-ring (bicyclic) bond motifs is 1. The normalized spacial score (nSPS) is 10.9. The molecule has 0 fully saturated rings. The molecule has 2 heterocycles. The Balaban J connectivity index is 2.08. The average molecular weight is 311 g/mol. The number of anilines is 2. The topological polar surface area (TPSA) is 51.4 Å². The van der Waals surface area contributed by atoms with Gasteiger partial charge in [-0.2, -0.15) is 0 Å². The first-order valence-electron chi connectivity index (χ1n) is 7.85. The lowest BCUT2D eigenvalue weighted by molar-refractivity contribution is 0.415. The number of hydrogen-bond acceptors (Lipinski definition) is 5. The molecule has 0 aliphatic carbocycles. The highest BCUT2D eigenvalue weighted by atomic mass is 16.5. The monoisotopic (exact) mass is 311 g/mol. The maximum atomic E-state index is 5.52. The fourth-order valence-electron chi connectivity index (χ4n) is 2.64. The highest BCUT2D eigenvalue weighted by Crippen LogP contribution is 2.33. The number of furan rings is 1. The highest BCUT2D eigenvalue weighted by Gasteiger charge is 2.17. The van der Waals surface area contributed by atoms with Crippen LogP contribution in [0.1, 0.15) is 25.3 Å². The summed E-state index contributed by atoms with van der Waals surface area (Å²) in [6, 6.07) is 8.04. The van der Waals surface area contributed by atoms with Gasteiger partial charge in [0.25, 0.3) is 0 Å². The molecule has 0 atom stereocenters. The minimum atomic E-state index is 0.627. The Morgan fingerprint density at radius 2 is 1.96 bits per heavy atom. The molecular weight excluding hydrogens is 290 g/mol. The van der Waals surface area contributed by atoms with Gasteiger partial charge in [-0.1, -0.05) is 13.3 Å². The van der Waals surface area contributed by atoms with Crippen LogP contribution in [0.25, 0.3) is 11.1 Å². The van der Waals surface area contributed by atoms with Crippen LogP contribution in [-0.4, -0.2) is 23.6 Å². The van der Waals surface area contributed by atoms with Gasteiger partial charge in [0.05, 0.1) is 18.8 Å². The van der Waals surface area contributed by atoms with E-state index in [2.05, 4.69) is 33.9 Å². The summed E-state index contributed by atoms with van der Waals surface area (Å²) in [7, 11) is 1.67. The van der Waals surface area contributed by atoms with Crippen molar-refractivity contribution in [3.05, 3.63) is 42.4 Å². The summed E-state index contributed by atoms with van der Waals surface area (Å²) >= 11 is 0. The van der Waals surface area contributed by atoms with E-state index >= 15 is 0 Å². The number of hydrogen-bond donors (Lipinski definition) is 0. The predicted octanol–water partition coefficient (Wildman–Crippen LogP) is 4.48. The number of rotatable bonds is 6. The molecule has 23 heavy (non-hydrogen) atoms. The van der Waals surface area contributed by atoms with Crippen LogP contribution >= 0.6 is 0 Å². The Hall–Kier alpha value is -2.56. The molecule has 0 bridgehead atoms. The van der Waals surface area contributed by atoms with Gasteiger partial charge < -0.3 is 14.1 Å². The van der Waals surface area contributed by atoms with Gasteiger partial charge in [-0.05, 0) is 37.6 Å². The van der Waals surface area contributed by atoms with Crippen molar-refractivity contribution in [1.82, 2.24) is 9.97 Å². The Labute approximate surface area is 135 Å². The van der Waals surface area contributed by atoms with Crippen molar-refractivity contribution < 1.29 is 9.15 Å². The molecule has 0 aliphatic heterocycles. The van der Waals surface area contributed by atoms with Crippen LogP contribution in [0.2, 0.25) is 0 Å². The van der Waals surface area contributed by atoms with Gasteiger partial charge in [-0.15, -0.1) is 0 Å². The van der Waals surface area contributed by atoms with Crippen molar-refractivity contribution in [2.45, 2.75) is 26.7 Å². The first kappa shape index (κ1) is 15.3. The fraction of sp³-hybridized carbons (Fsp3) is 0.333. The van der Waals surface area contributed by atoms with Gasteiger partial charge in [0, 0.05) is 17.8 Å². The van der Waals surface area contributed by atoms with E-state index in [4.69, 9.17) is 9.15 Å². The van der Waals surface area contributed by atoms with E-state index in [9.17, 15) is 0 Å². The molecule has 0 aliphatic rings. The van der Waals surface area contributed by atoms with E-state index in [1.54, 1.807) is 19.7 Å². The Morgan fingerprint density at radius 3 is 2.65 bits per heavy atom.